The summed E-state index contributed by atoms with van der Waals surface area (Å²) in [4.78, 5) is 78.4. The molecule has 2 fully saturated rings. The normalized spacial score (nSPS) is 27.8. The van der Waals surface area contributed by atoms with Gasteiger partial charge in [-0.1, -0.05) is 12.1 Å². The number of aliphatic hydroxyl groups excluding tert-OH is 3. The Morgan fingerprint density at radius 2 is 1.32 bits per heavy atom. The molecular weight excluding hydrogens is 967 g/mol. The fourth-order valence-corrected chi connectivity index (χ4v) is 7.92. The van der Waals surface area contributed by atoms with Crippen LogP contribution in [-0.4, -0.2) is 183 Å². The first kappa shape index (κ1) is 59.7. The number of carbonyl (C=O) groups excluding carboxylic acids is 5. The number of alkyl carbamates (subject to hydrolysis) is 4. The van der Waals surface area contributed by atoms with Gasteiger partial charge >= 0.3 is 30.5 Å². The Labute approximate surface area is 423 Å². The minimum absolute atomic E-state index is 0.00577. The van der Waals surface area contributed by atoms with Gasteiger partial charge in [-0.15, -0.1) is 0 Å². The van der Waals surface area contributed by atoms with Gasteiger partial charge in [-0.25, -0.2) is 24.0 Å². The lowest BCUT2D eigenvalue weighted by Crippen LogP contribution is -2.70. The van der Waals surface area contributed by atoms with E-state index in [9.17, 15) is 54.3 Å². The molecule has 73 heavy (non-hydrogen) atoms. The van der Waals surface area contributed by atoms with Crippen LogP contribution >= 0.6 is 0 Å². The Hall–Kier alpha value is -5.90. The molecular formula is C47H75N7O19. The van der Waals surface area contributed by atoms with Gasteiger partial charge in [-0.05, 0) is 112 Å². The number of nitrogens with zero attached hydrogens (tertiary/aromatic N) is 1. The van der Waals surface area contributed by atoms with Crippen LogP contribution in [0.4, 0.5) is 29.7 Å². The Bertz CT molecular complexity index is 2090. The summed E-state index contributed by atoms with van der Waals surface area (Å²) in [5.74, 6) is -0.915. The van der Waals surface area contributed by atoms with Crippen LogP contribution in [0.5, 0.6) is 0 Å². The van der Waals surface area contributed by atoms with E-state index in [0.717, 1.165) is 7.05 Å². The first-order valence-electron chi connectivity index (χ1n) is 23.7. The Kier molecular flexibility index (Phi) is 20.3. The number of nitrogens with two attached hydrogens (primary N) is 1. The summed E-state index contributed by atoms with van der Waals surface area (Å²) < 4.78 is 46.3. The van der Waals surface area contributed by atoms with Crippen LogP contribution in [0, 0.1) is 0 Å². The number of anilines is 1. The molecule has 12 atom stereocenters. The van der Waals surface area contributed by atoms with Gasteiger partial charge in [0.2, 0.25) is 12.2 Å². The molecule has 2 aliphatic heterocycles. The maximum absolute atomic E-state index is 13.8. The molecule has 26 heteroatoms. The quantitative estimate of drug-likeness (QED) is 0.0828. The zero-order valence-corrected chi connectivity index (χ0v) is 43.2. The molecule has 1 aliphatic carbocycles. The SMILES string of the molecule is CN(C(=O)O)[C@@H]1[C@@H](O)[C@@H](O[C@@H]2[C@@H](O)[C@H](O[C@H]3OC(CNC(=O)OCc4ccc(N)cc4)=CC[C@H]3NC(=O)OC(C)(C)C)[C@@H](NC(=O)OC(C)(C)C)C[C@H]2NC(=O)C(O)CCNC(=O)OC(C)(C)C)OC[C@]1(C)O. The van der Waals surface area contributed by atoms with Gasteiger partial charge in [0.15, 0.2) is 6.29 Å². The molecule has 2 heterocycles. The number of hydrogen-bond acceptors (Lipinski definition) is 19. The summed E-state index contributed by atoms with van der Waals surface area (Å²) in [6.07, 6.45) is -16.6. The number of amides is 6. The van der Waals surface area contributed by atoms with E-state index in [1.807, 2.05) is 0 Å². The third-order valence-electron chi connectivity index (χ3n) is 11.1. The Balaban J connectivity index is 1.70. The van der Waals surface area contributed by atoms with Crippen LogP contribution in [0.15, 0.2) is 36.1 Å². The molecule has 3 aliphatic rings. The van der Waals surface area contributed by atoms with Crippen molar-refractivity contribution in [2.45, 2.75) is 185 Å². The molecule has 0 bridgehead atoms. The second-order valence-corrected chi connectivity index (χ2v) is 21.2. The van der Waals surface area contributed by atoms with Crippen LogP contribution in [0.3, 0.4) is 0 Å². The smallest absolute Gasteiger partial charge is 0.408 e. The molecule has 1 saturated heterocycles. The fraction of sp³-hybridized carbons (Fsp3) is 0.702. The van der Waals surface area contributed by atoms with E-state index in [1.54, 1.807) is 92.7 Å². The number of rotatable bonds is 16. The number of likely N-dealkylation sites (N-methyl/N-ethyl adjacent to an activating group) is 1. The average Bonchev–Trinajstić information content (AvgIpc) is 3.24. The van der Waals surface area contributed by atoms with Gasteiger partial charge in [0.25, 0.3) is 0 Å². The maximum Gasteiger partial charge on any atom is 0.408 e. The predicted octanol–water partition coefficient (Wildman–Crippen LogP) is 1.65. The largest absolute Gasteiger partial charge is 0.465 e. The summed E-state index contributed by atoms with van der Waals surface area (Å²) in [6, 6.07) is 1.28. The maximum atomic E-state index is 13.8. The highest BCUT2D eigenvalue weighted by atomic mass is 16.7. The van der Waals surface area contributed by atoms with E-state index in [4.69, 9.17) is 43.6 Å². The Morgan fingerprint density at radius 1 is 0.781 bits per heavy atom. The lowest BCUT2D eigenvalue weighted by Gasteiger charge is -2.50. The highest BCUT2D eigenvalue weighted by Gasteiger charge is 2.55. The lowest BCUT2D eigenvalue weighted by molar-refractivity contribution is -0.311. The molecule has 1 aromatic carbocycles. The van der Waals surface area contributed by atoms with Crippen molar-refractivity contribution in [3.63, 3.8) is 0 Å². The summed E-state index contributed by atoms with van der Waals surface area (Å²) in [6.45, 7) is 14.8. The van der Waals surface area contributed by atoms with Gasteiger partial charge < -0.3 is 101 Å². The van der Waals surface area contributed by atoms with Crippen molar-refractivity contribution in [1.82, 2.24) is 31.5 Å². The van der Waals surface area contributed by atoms with Crippen molar-refractivity contribution >= 4 is 42.1 Å². The van der Waals surface area contributed by atoms with Crippen LogP contribution in [0.25, 0.3) is 0 Å². The second kappa shape index (κ2) is 24.9. The van der Waals surface area contributed by atoms with E-state index in [2.05, 4.69) is 26.6 Å². The van der Waals surface area contributed by atoms with Crippen molar-refractivity contribution in [2.75, 3.05) is 32.5 Å². The summed E-state index contributed by atoms with van der Waals surface area (Å²) in [5.41, 5.74) is 2.16. The standard InChI is InChI=1S/C47H75N7O19/c1-44(2,3)71-40(60)49-19-18-30(55)36(58)51-28-20-29(53-42(62)73-46(7,8)9)34(31(56)33(28)70-38-32(57)35(54(11)43(63)64)47(10,65)23-67-38)69-37-27(52-41(61)72-45(4,5)6)17-16-26(68-37)21-50-39(59)66-22-24-12-14-25(48)15-13-24/h12-16,27-35,37-38,55-57,65H,17-23,48H2,1-11H3,(H,49,60)(H,50,59)(H,51,58)(H,52,61)(H,53,62)(H,63,64)/t27-,28-,29+,30?,31-,32-,33+,34-,35-,37-,38-,47+/m1/s1. The Morgan fingerprint density at radius 3 is 1.88 bits per heavy atom. The van der Waals surface area contributed by atoms with Gasteiger partial charge in [0, 0.05) is 19.3 Å². The third kappa shape index (κ3) is 18.8. The molecule has 4 rings (SSSR count). The number of nitrogens with one attached hydrogen (secondary N) is 5. The highest BCUT2D eigenvalue weighted by Crippen LogP contribution is 2.35. The second-order valence-electron chi connectivity index (χ2n) is 21.2. The average molecular weight is 1040 g/mol. The molecule has 12 N–H and O–H groups in total. The fourth-order valence-electron chi connectivity index (χ4n) is 7.92. The molecule has 26 nitrogen and oxygen atoms in total. The molecule has 6 amide bonds. The van der Waals surface area contributed by atoms with E-state index in [0.29, 0.717) is 16.2 Å². The monoisotopic (exact) mass is 1040 g/mol. The van der Waals surface area contributed by atoms with E-state index < -0.39 is 133 Å². The molecule has 1 aromatic rings. The summed E-state index contributed by atoms with van der Waals surface area (Å²) in [5, 5.41) is 69.1. The van der Waals surface area contributed by atoms with Crippen molar-refractivity contribution in [3.8, 4) is 0 Å². The third-order valence-corrected chi connectivity index (χ3v) is 11.1. The molecule has 0 aromatic heterocycles. The van der Waals surface area contributed by atoms with Crippen LogP contribution in [0.2, 0.25) is 0 Å². The number of ether oxygens (including phenoxy) is 8. The number of nitrogen functional groups attached to an aromatic ring is 1. The molecule has 0 radical (unpaired) electrons. The lowest BCUT2D eigenvalue weighted by atomic mass is 9.82. The molecule has 1 saturated carbocycles. The van der Waals surface area contributed by atoms with Crippen molar-refractivity contribution in [2.24, 2.45) is 0 Å². The number of aliphatic hydroxyl groups is 4. The van der Waals surface area contributed by atoms with Crippen LogP contribution < -0.4 is 32.3 Å². The van der Waals surface area contributed by atoms with E-state index in [1.165, 1.54) is 6.92 Å². The number of carboxylic acid groups (broad SMARTS) is 1. The van der Waals surface area contributed by atoms with Crippen LogP contribution in [0.1, 0.15) is 94.1 Å². The van der Waals surface area contributed by atoms with Gasteiger partial charge in [0.1, 0.15) is 65.3 Å². The number of carbonyl (C=O) groups is 6. The molecule has 0 spiro atoms. The van der Waals surface area contributed by atoms with E-state index >= 15 is 0 Å². The first-order chi connectivity index (χ1) is 33.7. The minimum Gasteiger partial charge on any atom is -0.465 e. The van der Waals surface area contributed by atoms with Crippen LogP contribution in [-0.2, 0) is 49.3 Å². The minimum atomic E-state index is -1.99. The summed E-state index contributed by atoms with van der Waals surface area (Å²) >= 11 is 0. The number of hydrogen-bond donors (Lipinski definition) is 11. The van der Waals surface area contributed by atoms with Gasteiger partial charge in [-0.3, -0.25) is 4.79 Å². The zero-order chi connectivity index (χ0) is 54.8. The predicted molar refractivity (Wildman–Crippen MR) is 256 cm³/mol. The summed E-state index contributed by atoms with van der Waals surface area (Å²) in [7, 11) is 1.11. The van der Waals surface area contributed by atoms with Gasteiger partial charge in [-0.2, -0.15) is 0 Å². The van der Waals surface area contributed by atoms with E-state index in [-0.39, 0.29) is 44.7 Å². The topological polar surface area (TPSA) is 367 Å². The van der Waals surface area contributed by atoms with Crippen molar-refractivity contribution in [3.05, 3.63) is 41.7 Å². The highest BCUT2D eigenvalue weighted by molar-refractivity contribution is 5.81. The first-order valence-corrected chi connectivity index (χ1v) is 23.7. The molecule has 1 unspecified atom stereocenters. The van der Waals surface area contributed by atoms with Gasteiger partial charge in [0.05, 0.1) is 37.3 Å². The van der Waals surface area contributed by atoms with Crippen molar-refractivity contribution in [1.29, 1.82) is 0 Å². The van der Waals surface area contributed by atoms with Crippen molar-refractivity contribution < 1.29 is 92.2 Å². The zero-order valence-electron chi connectivity index (χ0n) is 43.2. The molecule has 412 valence electrons. The number of benzene rings is 1.